The van der Waals surface area contributed by atoms with Crippen molar-refractivity contribution in [3.05, 3.63) is 0 Å². The molecular formula is C8H18BrN2O6PS. The summed E-state index contributed by atoms with van der Waals surface area (Å²) in [5.74, 6) is -0.146. The van der Waals surface area contributed by atoms with Crippen molar-refractivity contribution in [2.75, 3.05) is 37.0 Å². The molecule has 0 aromatic heterocycles. The fraction of sp³-hybridized carbons (Fsp3) is 1.00. The van der Waals surface area contributed by atoms with Gasteiger partial charge in [0, 0.05) is 31.1 Å². The van der Waals surface area contributed by atoms with Crippen LogP contribution in [-0.4, -0.2) is 61.6 Å². The lowest BCUT2D eigenvalue weighted by Crippen LogP contribution is -2.44. The van der Waals surface area contributed by atoms with Crippen molar-refractivity contribution in [3.63, 3.8) is 0 Å². The van der Waals surface area contributed by atoms with Gasteiger partial charge in [0.1, 0.15) is 9.84 Å². The molecule has 0 aromatic carbocycles. The number of hydrogen-bond acceptors (Lipinski definition) is 6. The first-order valence-corrected chi connectivity index (χ1v) is 10.4. The Bertz CT molecular complexity index is 433. The third-order valence-corrected chi connectivity index (χ3v) is 6.11. The Balaban J connectivity index is 2.71. The second-order valence-electron chi connectivity index (χ2n) is 4.09. The number of halogens is 1. The minimum absolute atomic E-state index is 0.00699. The summed E-state index contributed by atoms with van der Waals surface area (Å²) in [4.78, 5) is 4.29. The minimum atomic E-state index is -3.39. The van der Waals surface area contributed by atoms with E-state index in [1.54, 1.807) is 0 Å². The molecule has 114 valence electrons. The lowest BCUT2D eigenvalue weighted by Gasteiger charge is -2.38. The molecule has 0 radical (unpaired) electrons. The van der Waals surface area contributed by atoms with E-state index in [0.717, 1.165) is 6.26 Å². The van der Waals surface area contributed by atoms with Crippen LogP contribution in [0.3, 0.4) is 0 Å². The Morgan fingerprint density at radius 1 is 1.63 bits per heavy atom. The van der Waals surface area contributed by atoms with Crippen molar-refractivity contribution in [1.82, 2.24) is 9.76 Å². The molecule has 1 heterocycles. The zero-order chi connectivity index (χ0) is 14.5. The van der Waals surface area contributed by atoms with Crippen LogP contribution in [0.15, 0.2) is 0 Å². The van der Waals surface area contributed by atoms with Gasteiger partial charge >= 0.3 is 7.67 Å². The highest BCUT2D eigenvalue weighted by atomic mass is 79.9. The number of rotatable bonds is 7. The number of nitrogens with zero attached hydrogens (tertiary/aromatic N) is 1. The molecule has 0 aromatic rings. The van der Waals surface area contributed by atoms with Crippen molar-refractivity contribution >= 4 is 33.4 Å². The van der Waals surface area contributed by atoms with Gasteiger partial charge in [0.25, 0.3) is 0 Å². The van der Waals surface area contributed by atoms with Crippen molar-refractivity contribution in [1.29, 1.82) is 0 Å². The summed E-state index contributed by atoms with van der Waals surface area (Å²) in [6, 6.07) is 0. The largest absolute Gasteiger partial charge is 0.345 e. The second kappa shape index (κ2) is 7.46. The Kier molecular flexibility index (Phi) is 6.88. The van der Waals surface area contributed by atoms with E-state index in [9.17, 15) is 13.0 Å². The fourth-order valence-electron chi connectivity index (χ4n) is 1.65. The predicted octanol–water partition coefficient (Wildman–Crippen LogP) is 0.662. The van der Waals surface area contributed by atoms with E-state index in [1.807, 2.05) is 0 Å². The van der Waals surface area contributed by atoms with Crippen molar-refractivity contribution < 1.29 is 27.7 Å². The van der Waals surface area contributed by atoms with Gasteiger partial charge in [-0.15, -0.1) is 0 Å². The van der Waals surface area contributed by atoms with Gasteiger partial charge < -0.3 is 4.52 Å². The maximum Gasteiger partial charge on any atom is 0.345 e. The predicted molar refractivity (Wildman–Crippen MR) is 73.9 cm³/mol. The molecule has 1 aliphatic heterocycles. The molecule has 0 spiro atoms. The quantitative estimate of drug-likeness (QED) is 0.287. The maximum atomic E-state index is 12.6. The van der Waals surface area contributed by atoms with Crippen LogP contribution in [-0.2, 0) is 23.8 Å². The summed E-state index contributed by atoms with van der Waals surface area (Å²) in [5.41, 5.74) is 0. The van der Waals surface area contributed by atoms with Crippen LogP contribution in [0.4, 0.5) is 0 Å². The van der Waals surface area contributed by atoms with Crippen molar-refractivity contribution in [2.24, 2.45) is 0 Å². The molecule has 1 saturated heterocycles. The number of hydrogen-bond donors (Lipinski definition) is 2. The molecule has 19 heavy (non-hydrogen) atoms. The average molecular weight is 381 g/mol. The van der Waals surface area contributed by atoms with Gasteiger partial charge in [-0.1, -0.05) is 15.9 Å². The highest BCUT2D eigenvalue weighted by Gasteiger charge is 2.41. The molecule has 0 bridgehead atoms. The molecule has 11 heteroatoms. The number of nitrogens with one attached hydrogen (secondary N) is 1. The lowest BCUT2D eigenvalue weighted by atomic mass is 10.4. The summed E-state index contributed by atoms with van der Waals surface area (Å²) >= 11 is 3.21. The van der Waals surface area contributed by atoms with E-state index < -0.39 is 23.7 Å². The smallest absolute Gasteiger partial charge is 0.306 e. The number of alkyl halides is 1. The summed E-state index contributed by atoms with van der Waals surface area (Å²) in [6.07, 6.45) is 0.742. The summed E-state index contributed by atoms with van der Waals surface area (Å²) in [6.45, 7) is 0.495. The normalized spacial score (nSPS) is 29.5. The summed E-state index contributed by atoms with van der Waals surface area (Å²) in [5, 5.41) is 11.9. The first-order valence-electron chi connectivity index (χ1n) is 5.63. The molecule has 2 atom stereocenters. The van der Waals surface area contributed by atoms with Crippen LogP contribution in [0.5, 0.6) is 0 Å². The molecule has 1 rings (SSSR count). The van der Waals surface area contributed by atoms with Gasteiger partial charge in [-0.05, 0) is 0 Å². The van der Waals surface area contributed by atoms with Crippen molar-refractivity contribution in [3.8, 4) is 0 Å². The zero-order valence-electron chi connectivity index (χ0n) is 10.5. The van der Waals surface area contributed by atoms with E-state index in [-0.39, 0.29) is 18.9 Å². The van der Waals surface area contributed by atoms with E-state index in [0.29, 0.717) is 18.3 Å². The van der Waals surface area contributed by atoms with Crippen LogP contribution >= 0.6 is 23.6 Å². The summed E-state index contributed by atoms with van der Waals surface area (Å²) < 4.78 is 41.3. The molecule has 0 amide bonds. The third kappa shape index (κ3) is 5.39. The summed E-state index contributed by atoms with van der Waals surface area (Å²) in [7, 11) is -6.54. The Morgan fingerprint density at radius 3 is 2.84 bits per heavy atom. The Hall–Kier alpha value is 0.460. The van der Waals surface area contributed by atoms with Gasteiger partial charge in [0.05, 0.1) is 12.4 Å². The molecule has 1 aliphatic rings. The van der Waals surface area contributed by atoms with Gasteiger partial charge in [-0.25, -0.2) is 18.4 Å². The molecule has 2 N–H and O–H groups in total. The molecular weight excluding hydrogens is 363 g/mol. The van der Waals surface area contributed by atoms with E-state index in [2.05, 4.69) is 25.9 Å². The van der Waals surface area contributed by atoms with Crippen LogP contribution in [0, 0.1) is 0 Å². The van der Waals surface area contributed by atoms with E-state index in [1.165, 1.54) is 4.67 Å². The zero-order valence-corrected chi connectivity index (χ0v) is 13.8. The van der Waals surface area contributed by atoms with Gasteiger partial charge in [-0.2, -0.15) is 4.67 Å². The Morgan fingerprint density at radius 2 is 2.32 bits per heavy atom. The first kappa shape index (κ1) is 17.5. The molecule has 0 aliphatic carbocycles. The third-order valence-electron chi connectivity index (χ3n) is 2.52. The Labute approximate surface area is 121 Å². The highest BCUT2D eigenvalue weighted by molar-refractivity contribution is 9.09. The monoisotopic (exact) mass is 380 g/mol. The SMILES string of the molecule is CS(=O)(=O)CCNP1(=O)OCCC(OO)N1CCBr. The molecule has 0 saturated carbocycles. The second-order valence-corrected chi connectivity index (χ2v) is 9.27. The van der Waals surface area contributed by atoms with Crippen LogP contribution < -0.4 is 5.09 Å². The average Bonchev–Trinajstić information content (AvgIpc) is 2.30. The fourth-order valence-corrected chi connectivity index (χ4v) is 4.96. The highest BCUT2D eigenvalue weighted by Crippen LogP contribution is 2.51. The van der Waals surface area contributed by atoms with E-state index >= 15 is 0 Å². The minimum Gasteiger partial charge on any atom is -0.306 e. The molecule has 1 fully saturated rings. The first-order chi connectivity index (χ1) is 8.82. The number of sulfone groups is 1. The maximum absolute atomic E-state index is 12.6. The lowest BCUT2D eigenvalue weighted by molar-refractivity contribution is -0.308. The molecule has 2 unspecified atom stereocenters. The van der Waals surface area contributed by atoms with Gasteiger partial charge in [0.15, 0.2) is 6.23 Å². The van der Waals surface area contributed by atoms with Crippen molar-refractivity contribution in [2.45, 2.75) is 12.6 Å². The van der Waals surface area contributed by atoms with Crippen LogP contribution in [0.2, 0.25) is 0 Å². The van der Waals surface area contributed by atoms with Gasteiger partial charge in [-0.3, -0.25) is 9.82 Å². The van der Waals surface area contributed by atoms with E-state index in [4.69, 9.17) is 9.78 Å². The van der Waals surface area contributed by atoms with Gasteiger partial charge in [0.2, 0.25) is 0 Å². The molecule has 8 nitrogen and oxygen atoms in total. The van der Waals surface area contributed by atoms with Crippen LogP contribution in [0.1, 0.15) is 6.42 Å². The topological polar surface area (TPSA) is 105 Å². The van der Waals surface area contributed by atoms with Crippen LogP contribution in [0.25, 0.3) is 0 Å². The standard InChI is InChI=1S/C8H18BrN2O6PS/c1-19(14,15)7-4-10-18(13)11(5-3-9)8(17-12)2-6-16-18/h8,12H,2-7H2,1H3,(H,10,13).